The van der Waals surface area contributed by atoms with Crippen LogP contribution in [0.1, 0.15) is 13.3 Å². The summed E-state index contributed by atoms with van der Waals surface area (Å²) in [5.41, 5.74) is -1.03. The number of carbonyl (C=O) groups is 1. The summed E-state index contributed by atoms with van der Waals surface area (Å²) in [5, 5.41) is 13.2. The van der Waals surface area contributed by atoms with Crippen LogP contribution in [-0.2, 0) is 26.1 Å². The highest BCUT2D eigenvalue weighted by molar-refractivity contribution is 7.89. The van der Waals surface area contributed by atoms with E-state index in [1.54, 1.807) is 14.0 Å². The minimum Gasteiger partial charge on any atom is -0.481 e. The molecular weight excluding hydrogens is 298 g/mol. The van der Waals surface area contributed by atoms with Crippen molar-refractivity contribution in [3.05, 3.63) is 12.4 Å². The predicted octanol–water partition coefficient (Wildman–Crippen LogP) is 0.0148. The lowest BCUT2D eigenvalue weighted by atomic mass is 9.90. The highest BCUT2D eigenvalue weighted by Gasteiger charge is 2.45. The lowest BCUT2D eigenvalue weighted by molar-refractivity contribution is -0.146. The summed E-state index contributed by atoms with van der Waals surface area (Å²) in [6.45, 7) is 2.63. The van der Waals surface area contributed by atoms with E-state index < -0.39 is 21.4 Å². The zero-order valence-corrected chi connectivity index (χ0v) is 12.8. The molecule has 1 atom stereocenters. The van der Waals surface area contributed by atoms with Gasteiger partial charge in [-0.3, -0.25) is 9.48 Å². The van der Waals surface area contributed by atoms with Crippen LogP contribution >= 0.6 is 0 Å². The van der Waals surface area contributed by atoms with E-state index in [0.29, 0.717) is 19.6 Å². The molecule has 0 aromatic carbocycles. The van der Waals surface area contributed by atoms with Gasteiger partial charge in [0.05, 0.1) is 24.8 Å². The molecule has 1 aliphatic rings. The maximum absolute atomic E-state index is 12.5. The van der Waals surface area contributed by atoms with Gasteiger partial charge in [-0.2, -0.15) is 9.40 Å². The molecule has 1 unspecified atom stereocenters. The molecule has 9 heteroatoms. The fourth-order valence-electron chi connectivity index (χ4n) is 2.23. The number of aliphatic carboxylic acids is 1. The molecule has 2 heterocycles. The third kappa shape index (κ3) is 3.09. The summed E-state index contributed by atoms with van der Waals surface area (Å²) in [4.78, 5) is 11.3. The van der Waals surface area contributed by atoms with Crippen molar-refractivity contribution in [2.75, 3.05) is 26.8 Å². The standard InChI is InChI=1S/C12H19N3O5S/c1-12(11(16)17)3-4-15(9-12)21(18,19)10-7-13-14(8-10)5-6-20-2/h7-8H,3-6,9H2,1-2H3,(H,16,17). The predicted molar refractivity (Wildman–Crippen MR) is 73.2 cm³/mol. The van der Waals surface area contributed by atoms with Gasteiger partial charge in [-0.25, -0.2) is 8.42 Å². The van der Waals surface area contributed by atoms with Crippen molar-refractivity contribution in [1.82, 2.24) is 14.1 Å². The van der Waals surface area contributed by atoms with Gasteiger partial charge in [0.15, 0.2) is 0 Å². The van der Waals surface area contributed by atoms with Gasteiger partial charge in [0.1, 0.15) is 4.90 Å². The first-order valence-corrected chi connectivity index (χ1v) is 7.98. The summed E-state index contributed by atoms with van der Waals surface area (Å²) in [5.74, 6) is -0.976. The van der Waals surface area contributed by atoms with Gasteiger partial charge >= 0.3 is 5.97 Å². The van der Waals surface area contributed by atoms with Gasteiger partial charge in [-0.15, -0.1) is 0 Å². The molecule has 0 bridgehead atoms. The largest absolute Gasteiger partial charge is 0.481 e. The van der Waals surface area contributed by atoms with Gasteiger partial charge in [0, 0.05) is 26.4 Å². The average Bonchev–Trinajstić information content (AvgIpc) is 3.04. The van der Waals surface area contributed by atoms with E-state index in [0.717, 1.165) is 0 Å². The number of hydrogen-bond acceptors (Lipinski definition) is 5. The normalized spacial score (nSPS) is 23.5. The first-order chi connectivity index (χ1) is 9.79. The minimum absolute atomic E-state index is 0.0199. The van der Waals surface area contributed by atoms with E-state index in [9.17, 15) is 18.3 Å². The number of hydrogen-bond donors (Lipinski definition) is 1. The maximum atomic E-state index is 12.5. The molecule has 0 spiro atoms. The van der Waals surface area contributed by atoms with Crippen LogP contribution in [0.15, 0.2) is 17.3 Å². The van der Waals surface area contributed by atoms with E-state index in [-0.39, 0.29) is 18.0 Å². The Bertz CT molecular complexity index is 627. The third-order valence-corrected chi connectivity index (χ3v) is 5.52. The highest BCUT2D eigenvalue weighted by atomic mass is 32.2. The average molecular weight is 317 g/mol. The number of carboxylic acid groups (broad SMARTS) is 1. The van der Waals surface area contributed by atoms with Crippen LogP contribution in [-0.4, -0.2) is 60.4 Å². The number of ether oxygens (including phenoxy) is 1. The van der Waals surface area contributed by atoms with Gasteiger partial charge < -0.3 is 9.84 Å². The molecule has 1 N–H and O–H groups in total. The van der Waals surface area contributed by atoms with E-state index in [1.165, 1.54) is 21.4 Å². The van der Waals surface area contributed by atoms with Crippen molar-refractivity contribution in [3.63, 3.8) is 0 Å². The van der Waals surface area contributed by atoms with Crippen LogP contribution in [0.2, 0.25) is 0 Å². The molecule has 0 amide bonds. The number of methoxy groups -OCH3 is 1. The zero-order valence-electron chi connectivity index (χ0n) is 12.0. The van der Waals surface area contributed by atoms with Crippen molar-refractivity contribution < 1.29 is 23.1 Å². The second kappa shape index (κ2) is 5.74. The Labute approximate surface area is 123 Å². The van der Waals surface area contributed by atoms with Crippen molar-refractivity contribution in [2.45, 2.75) is 24.8 Å². The van der Waals surface area contributed by atoms with Gasteiger partial charge in [-0.05, 0) is 13.3 Å². The topological polar surface area (TPSA) is 102 Å². The minimum atomic E-state index is -3.70. The molecule has 8 nitrogen and oxygen atoms in total. The molecular formula is C12H19N3O5S. The Balaban J connectivity index is 2.16. The maximum Gasteiger partial charge on any atom is 0.310 e. The van der Waals surface area contributed by atoms with Crippen LogP contribution in [0.3, 0.4) is 0 Å². The van der Waals surface area contributed by atoms with Gasteiger partial charge in [0.2, 0.25) is 10.0 Å². The monoisotopic (exact) mass is 317 g/mol. The molecule has 2 rings (SSSR count). The number of aromatic nitrogens is 2. The van der Waals surface area contributed by atoms with Gasteiger partial charge in [0.25, 0.3) is 0 Å². The third-order valence-electron chi connectivity index (χ3n) is 3.73. The molecule has 1 aromatic rings. The van der Waals surface area contributed by atoms with E-state index in [2.05, 4.69) is 5.10 Å². The summed E-state index contributed by atoms with van der Waals surface area (Å²) < 4.78 is 32.6. The molecule has 118 valence electrons. The van der Waals surface area contributed by atoms with E-state index in [4.69, 9.17) is 4.74 Å². The van der Waals surface area contributed by atoms with Crippen molar-refractivity contribution in [2.24, 2.45) is 5.41 Å². The molecule has 1 aromatic heterocycles. The number of rotatable bonds is 6. The lowest BCUT2D eigenvalue weighted by Gasteiger charge is -2.19. The SMILES string of the molecule is COCCn1cc(S(=O)(=O)N2CCC(C)(C(=O)O)C2)cn1. The van der Waals surface area contributed by atoms with Crippen LogP contribution in [0.25, 0.3) is 0 Å². The van der Waals surface area contributed by atoms with Crippen molar-refractivity contribution in [3.8, 4) is 0 Å². The molecule has 1 saturated heterocycles. The second-order valence-electron chi connectivity index (χ2n) is 5.39. The molecule has 0 aliphatic carbocycles. The summed E-state index contributed by atoms with van der Waals surface area (Å²) >= 11 is 0. The Kier molecular flexibility index (Phi) is 4.35. The Morgan fingerprint density at radius 1 is 1.57 bits per heavy atom. The summed E-state index contributed by atoms with van der Waals surface area (Å²) in [6.07, 6.45) is 3.02. The first kappa shape index (κ1) is 15.9. The fraction of sp³-hybridized carbons (Fsp3) is 0.667. The van der Waals surface area contributed by atoms with E-state index >= 15 is 0 Å². The van der Waals surface area contributed by atoms with E-state index in [1.807, 2.05) is 0 Å². The Morgan fingerprint density at radius 3 is 2.86 bits per heavy atom. The Hall–Kier alpha value is -1.45. The van der Waals surface area contributed by atoms with Crippen molar-refractivity contribution >= 4 is 16.0 Å². The van der Waals surface area contributed by atoms with Crippen LogP contribution < -0.4 is 0 Å². The highest BCUT2D eigenvalue weighted by Crippen LogP contribution is 2.33. The Morgan fingerprint density at radius 2 is 2.29 bits per heavy atom. The molecule has 21 heavy (non-hydrogen) atoms. The number of carboxylic acids is 1. The molecule has 0 saturated carbocycles. The summed E-state index contributed by atoms with van der Waals surface area (Å²) in [6, 6.07) is 0. The number of nitrogens with zero attached hydrogens (tertiary/aromatic N) is 3. The van der Waals surface area contributed by atoms with Crippen LogP contribution in [0, 0.1) is 5.41 Å². The molecule has 0 radical (unpaired) electrons. The number of sulfonamides is 1. The van der Waals surface area contributed by atoms with Crippen LogP contribution in [0.4, 0.5) is 0 Å². The second-order valence-corrected chi connectivity index (χ2v) is 7.32. The first-order valence-electron chi connectivity index (χ1n) is 6.54. The molecule has 1 aliphatic heterocycles. The van der Waals surface area contributed by atoms with Gasteiger partial charge in [-0.1, -0.05) is 0 Å². The quantitative estimate of drug-likeness (QED) is 0.793. The summed E-state index contributed by atoms with van der Waals surface area (Å²) in [7, 11) is -2.15. The molecule has 1 fully saturated rings. The zero-order chi connectivity index (χ0) is 15.7. The van der Waals surface area contributed by atoms with Crippen LogP contribution in [0.5, 0.6) is 0 Å². The fourth-order valence-corrected chi connectivity index (χ4v) is 3.75. The lowest BCUT2D eigenvalue weighted by Crippen LogP contribution is -2.34. The smallest absolute Gasteiger partial charge is 0.310 e. The van der Waals surface area contributed by atoms with Crippen molar-refractivity contribution in [1.29, 1.82) is 0 Å².